The summed E-state index contributed by atoms with van der Waals surface area (Å²) in [5, 5.41) is 3.14. The Labute approximate surface area is 112 Å². The Morgan fingerprint density at radius 3 is 2.79 bits per heavy atom. The van der Waals surface area contributed by atoms with Crippen LogP contribution in [-0.2, 0) is 0 Å². The zero-order valence-electron chi connectivity index (χ0n) is 11.3. The largest absolute Gasteiger partial charge is 0.436 e. The molecule has 2 aromatic rings. The molecule has 4 heteroatoms. The van der Waals surface area contributed by atoms with Gasteiger partial charge in [0.25, 0.3) is 0 Å². The van der Waals surface area contributed by atoms with Crippen molar-refractivity contribution in [1.82, 2.24) is 10.3 Å². The Bertz CT molecular complexity index is 572. The number of rotatable bonds is 4. The summed E-state index contributed by atoms with van der Waals surface area (Å²) in [6.45, 7) is 3.92. The van der Waals surface area contributed by atoms with Crippen molar-refractivity contribution in [2.45, 2.75) is 19.9 Å². The van der Waals surface area contributed by atoms with E-state index in [-0.39, 0.29) is 17.6 Å². The summed E-state index contributed by atoms with van der Waals surface area (Å²) in [5.41, 5.74) is 1.98. The fourth-order valence-electron chi connectivity index (χ4n) is 1.72. The van der Waals surface area contributed by atoms with E-state index >= 15 is 0 Å². The third-order valence-electron chi connectivity index (χ3n) is 2.99. The number of hydrogen-bond acceptors (Lipinski definition) is 3. The highest BCUT2D eigenvalue weighted by Crippen LogP contribution is 2.25. The van der Waals surface area contributed by atoms with Crippen LogP contribution in [0.25, 0.3) is 0 Å². The molecule has 1 aromatic carbocycles. The zero-order valence-corrected chi connectivity index (χ0v) is 11.3. The third kappa shape index (κ3) is 3.29. The topological polar surface area (TPSA) is 34.2 Å². The number of hydrogen-bond donors (Lipinski definition) is 1. The van der Waals surface area contributed by atoms with Crippen LogP contribution in [0.3, 0.4) is 0 Å². The summed E-state index contributed by atoms with van der Waals surface area (Å²) in [6, 6.07) is 8.65. The molecule has 0 bridgehead atoms. The van der Waals surface area contributed by atoms with Gasteiger partial charge in [0.2, 0.25) is 5.88 Å². The number of aryl methyl sites for hydroxylation is 1. The molecular formula is C15H17FN2O. The van der Waals surface area contributed by atoms with Gasteiger partial charge in [0.1, 0.15) is 0 Å². The van der Waals surface area contributed by atoms with Crippen molar-refractivity contribution in [3.8, 4) is 11.6 Å². The molecule has 1 N–H and O–H groups in total. The van der Waals surface area contributed by atoms with Gasteiger partial charge in [-0.05, 0) is 50.2 Å². The molecule has 1 unspecified atom stereocenters. The fourth-order valence-corrected chi connectivity index (χ4v) is 1.72. The lowest BCUT2D eigenvalue weighted by molar-refractivity contribution is 0.425. The molecule has 0 aliphatic heterocycles. The average molecular weight is 260 g/mol. The maximum absolute atomic E-state index is 13.6. The van der Waals surface area contributed by atoms with E-state index in [0.717, 1.165) is 11.1 Å². The van der Waals surface area contributed by atoms with Crippen LogP contribution in [-0.4, -0.2) is 12.0 Å². The van der Waals surface area contributed by atoms with E-state index in [9.17, 15) is 4.39 Å². The SMILES string of the molecule is CNC(C)c1ccnc(Oc2cc(C)ccc2F)c1. The lowest BCUT2D eigenvalue weighted by atomic mass is 10.1. The summed E-state index contributed by atoms with van der Waals surface area (Å²) >= 11 is 0. The van der Waals surface area contributed by atoms with Crippen molar-refractivity contribution >= 4 is 0 Å². The molecule has 0 spiro atoms. The number of benzene rings is 1. The predicted molar refractivity (Wildman–Crippen MR) is 72.9 cm³/mol. The Morgan fingerprint density at radius 1 is 1.26 bits per heavy atom. The van der Waals surface area contributed by atoms with E-state index in [1.807, 2.05) is 33.0 Å². The molecule has 1 atom stereocenters. The summed E-state index contributed by atoms with van der Waals surface area (Å²) < 4.78 is 19.1. The number of nitrogens with zero attached hydrogens (tertiary/aromatic N) is 1. The molecule has 0 saturated heterocycles. The van der Waals surface area contributed by atoms with Gasteiger partial charge in [0, 0.05) is 18.3 Å². The molecule has 0 fully saturated rings. The Kier molecular flexibility index (Phi) is 4.12. The van der Waals surface area contributed by atoms with Gasteiger partial charge < -0.3 is 10.1 Å². The smallest absolute Gasteiger partial charge is 0.219 e. The Hall–Kier alpha value is -1.94. The van der Waals surface area contributed by atoms with E-state index < -0.39 is 0 Å². The van der Waals surface area contributed by atoms with Gasteiger partial charge >= 0.3 is 0 Å². The molecule has 2 rings (SSSR count). The highest BCUT2D eigenvalue weighted by molar-refractivity contribution is 5.33. The van der Waals surface area contributed by atoms with Crippen LogP contribution in [0.5, 0.6) is 11.6 Å². The quantitative estimate of drug-likeness (QED) is 0.912. The van der Waals surface area contributed by atoms with Gasteiger partial charge in [-0.3, -0.25) is 0 Å². The molecule has 0 radical (unpaired) electrons. The highest BCUT2D eigenvalue weighted by atomic mass is 19.1. The fraction of sp³-hybridized carbons (Fsp3) is 0.267. The van der Waals surface area contributed by atoms with Crippen LogP contribution in [0, 0.1) is 12.7 Å². The zero-order chi connectivity index (χ0) is 13.8. The summed E-state index contributed by atoms with van der Waals surface area (Å²) in [6.07, 6.45) is 1.66. The van der Waals surface area contributed by atoms with Crippen LogP contribution in [0.1, 0.15) is 24.1 Å². The number of aromatic nitrogens is 1. The van der Waals surface area contributed by atoms with Crippen molar-refractivity contribution < 1.29 is 9.13 Å². The van der Waals surface area contributed by atoms with Crippen LogP contribution in [0.15, 0.2) is 36.5 Å². The molecule has 1 aromatic heterocycles. The van der Waals surface area contributed by atoms with Gasteiger partial charge in [-0.1, -0.05) is 6.07 Å². The predicted octanol–water partition coefficient (Wildman–Crippen LogP) is 3.60. The maximum atomic E-state index is 13.6. The van der Waals surface area contributed by atoms with Crippen molar-refractivity contribution in [2.24, 2.45) is 0 Å². The maximum Gasteiger partial charge on any atom is 0.219 e. The van der Waals surface area contributed by atoms with Crippen molar-refractivity contribution in [3.05, 3.63) is 53.5 Å². The van der Waals surface area contributed by atoms with Gasteiger partial charge in [0.15, 0.2) is 11.6 Å². The van der Waals surface area contributed by atoms with E-state index in [1.165, 1.54) is 6.07 Å². The molecule has 1 heterocycles. The molecule has 19 heavy (non-hydrogen) atoms. The minimum Gasteiger partial charge on any atom is -0.436 e. The highest BCUT2D eigenvalue weighted by Gasteiger charge is 2.08. The molecule has 0 aliphatic carbocycles. The molecular weight excluding hydrogens is 243 g/mol. The second kappa shape index (κ2) is 5.80. The first-order valence-corrected chi connectivity index (χ1v) is 6.17. The lowest BCUT2D eigenvalue weighted by Gasteiger charge is -2.12. The van der Waals surface area contributed by atoms with E-state index in [0.29, 0.717) is 5.88 Å². The van der Waals surface area contributed by atoms with Crippen molar-refractivity contribution in [1.29, 1.82) is 0 Å². The first-order valence-electron chi connectivity index (χ1n) is 6.17. The molecule has 3 nitrogen and oxygen atoms in total. The van der Waals surface area contributed by atoms with E-state index in [2.05, 4.69) is 10.3 Å². The number of halogens is 1. The second-order valence-electron chi connectivity index (χ2n) is 4.47. The third-order valence-corrected chi connectivity index (χ3v) is 2.99. The van der Waals surface area contributed by atoms with Gasteiger partial charge in [0.05, 0.1) is 0 Å². The van der Waals surface area contributed by atoms with Crippen LogP contribution in [0.4, 0.5) is 4.39 Å². The summed E-state index contributed by atoms with van der Waals surface area (Å²) in [4.78, 5) is 4.11. The summed E-state index contributed by atoms with van der Waals surface area (Å²) in [5.74, 6) is 0.199. The normalized spacial score (nSPS) is 12.2. The Morgan fingerprint density at radius 2 is 2.05 bits per heavy atom. The molecule has 0 saturated carbocycles. The standard InChI is InChI=1S/C15H17FN2O/c1-10-4-5-13(16)14(8-10)19-15-9-12(6-7-18-15)11(2)17-3/h4-9,11,17H,1-3H3. The molecule has 0 aliphatic rings. The van der Waals surface area contributed by atoms with Gasteiger partial charge in [-0.2, -0.15) is 0 Å². The minimum absolute atomic E-state index is 0.188. The molecule has 0 amide bonds. The van der Waals surface area contributed by atoms with Crippen molar-refractivity contribution in [2.75, 3.05) is 7.05 Å². The van der Waals surface area contributed by atoms with E-state index in [4.69, 9.17) is 4.74 Å². The first kappa shape index (κ1) is 13.5. The number of nitrogens with one attached hydrogen (secondary N) is 1. The second-order valence-corrected chi connectivity index (χ2v) is 4.47. The van der Waals surface area contributed by atoms with E-state index in [1.54, 1.807) is 18.3 Å². The Balaban J connectivity index is 2.26. The van der Waals surface area contributed by atoms with Crippen LogP contribution < -0.4 is 10.1 Å². The first-order chi connectivity index (χ1) is 9.10. The minimum atomic E-state index is -0.389. The molecule has 100 valence electrons. The summed E-state index contributed by atoms with van der Waals surface area (Å²) in [7, 11) is 1.88. The van der Waals surface area contributed by atoms with Gasteiger partial charge in [-0.15, -0.1) is 0 Å². The lowest BCUT2D eigenvalue weighted by Crippen LogP contribution is -2.12. The van der Waals surface area contributed by atoms with Crippen LogP contribution in [0.2, 0.25) is 0 Å². The number of ether oxygens (including phenoxy) is 1. The van der Waals surface area contributed by atoms with Crippen LogP contribution >= 0.6 is 0 Å². The monoisotopic (exact) mass is 260 g/mol. The average Bonchev–Trinajstić information content (AvgIpc) is 2.42. The van der Waals surface area contributed by atoms with Gasteiger partial charge in [-0.25, -0.2) is 9.37 Å². The number of pyridine rings is 1. The van der Waals surface area contributed by atoms with Crippen molar-refractivity contribution in [3.63, 3.8) is 0 Å².